The first kappa shape index (κ1) is 12.8. The van der Waals surface area contributed by atoms with Gasteiger partial charge in [0.25, 0.3) is 0 Å². The fraction of sp³-hybridized carbons (Fsp3) is 1.00. The van der Waals surface area contributed by atoms with Crippen molar-refractivity contribution in [3.05, 3.63) is 0 Å². The lowest BCUT2D eigenvalue weighted by molar-refractivity contribution is -0.136. The number of rotatable bonds is 5. The molecule has 1 nitrogen and oxygen atoms in total. The average Bonchev–Trinajstić information content (AvgIpc) is 1.99. The third-order valence-electron chi connectivity index (χ3n) is 2.24. The summed E-state index contributed by atoms with van der Waals surface area (Å²) in [6.07, 6.45) is -2.91. The molecule has 80 valence electrons. The Balaban J connectivity index is 3.67. The molecule has 0 aliphatic rings. The van der Waals surface area contributed by atoms with Gasteiger partial charge in [-0.3, -0.25) is 0 Å². The molecule has 0 bridgehead atoms. The molecule has 0 spiro atoms. The lowest BCUT2D eigenvalue weighted by Crippen LogP contribution is -2.29. The van der Waals surface area contributed by atoms with Gasteiger partial charge >= 0.3 is 6.18 Å². The standard InChI is InChI=1S/C9H18F3N/c1-3-4-7(2)8(13)5-6-9(10,11)12/h7-8H,3-6,13H2,1-2H3. The van der Waals surface area contributed by atoms with Gasteiger partial charge in [0.15, 0.2) is 0 Å². The van der Waals surface area contributed by atoms with E-state index >= 15 is 0 Å². The number of halogens is 3. The number of nitrogens with two attached hydrogens (primary N) is 1. The predicted molar refractivity (Wildman–Crippen MR) is 47.3 cm³/mol. The third-order valence-corrected chi connectivity index (χ3v) is 2.24. The van der Waals surface area contributed by atoms with Crippen LogP contribution in [0, 0.1) is 5.92 Å². The maximum absolute atomic E-state index is 11.8. The fourth-order valence-corrected chi connectivity index (χ4v) is 1.28. The summed E-state index contributed by atoms with van der Waals surface area (Å²) in [5.41, 5.74) is 5.61. The zero-order valence-electron chi connectivity index (χ0n) is 8.19. The molecule has 0 amide bonds. The molecule has 0 saturated heterocycles. The van der Waals surface area contributed by atoms with Gasteiger partial charge in [0.1, 0.15) is 0 Å². The van der Waals surface area contributed by atoms with Crippen LogP contribution in [-0.2, 0) is 0 Å². The molecule has 0 aliphatic heterocycles. The van der Waals surface area contributed by atoms with Crippen molar-refractivity contribution in [1.82, 2.24) is 0 Å². The van der Waals surface area contributed by atoms with Crippen LogP contribution in [0.4, 0.5) is 13.2 Å². The summed E-state index contributed by atoms with van der Waals surface area (Å²) in [6.45, 7) is 3.91. The fourth-order valence-electron chi connectivity index (χ4n) is 1.28. The van der Waals surface area contributed by atoms with E-state index in [1.807, 2.05) is 13.8 Å². The van der Waals surface area contributed by atoms with Crippen LogP contribution in [0.5, 0.6) is 0 Å². The molecule has 0 saturated carbocycles. The molecule has 0 fully saturated rings. The smallest absolute Gasteiger partial charge is 0.327 e. The molecular formula is C9H18F3N. The maximum Gasteiger partial charge on any atom is 0.389 e. The van der Waals surface area contributed by atoms with Gasteiger partial charge in [0.2, 0.25) is 0 Å². The molecule has 0 aliphatic carbocycles. The topological polar surface area (TPSA) is 26.0 Å². The van der Waals surface area contributed by atoms with Crippen LogP contribution in [0.1, 0.15) is 39.5 Å². The molecule has 0 heterocycles. The Hall–Kier alpha value is -0.250. The molecule has 0 radical (unpaired) electrons. The van der Waals surface area contributed by atoms with E-state index in [4.69, 9.17) is 5.73 Å². The monoisotopic (exact) mass is 197 g/mol. The first-order valence-electron chi connectivity index (χ1n) is 4.69. The van der Waals surface area contributed by atoms with E-state index in [1.54, 1.807) is 0 Å². The highest BCUT2D eigenvalue weighted by Gasteiger charge is 2.28. The Morgan fingerprint density at radius 2 is 1.77 bits per heavy atom. The lowest BCUT2D eigenvalue weighted by atomic mass is 9.94. The minimum atomic E-state index is -4.07. The van der Waals surface area contributed by atoms with E-state index in [0.717, 1.165) is 12.8 Å². The molecule has 2 N–H and O–H groups in total. The van der Waals surface area contributed by atoms with Crippen molar-refractivity contribution in [2.45, 2.75) is 51.7 Å². The van der Waals surface area contributed by atoms with Crippen molar-refractivity contribution in [2.24, 2.45) is 11.7 Å². The van der Waals surface area contributed by atoms with Crippen molar-refractivity contribution in [1.29, 1.82) is 0 Å². The number of hydrogen-bond acceptors (Lipinski definition) is 1. The third kappa shape index (κ3) is 6.87. The van der Waals surface area contributed by atoms with Crippen molar-refractivity contribution in [3.8, 4) is 0 Å². The van der Waals surface area contributed by atoms with Gasteiger partial charge in [-0.2, -0.15) is 13.2 Å². The van der Waals surface area contributed by atoms with Crippen LogP contribution in [0.2, 0.25) is 0 Å². The lowest BCUT2D eigenvalue weighted by Gasteiger charge is -2.19. The summed E-state index contributed by atoms with van der Waals surface area (Å²) in [5.74, 6) is 0.187. The quantitative estimate of drug-likeness (QED) is 0.720. The highest BCUT2D eigenvalue weighted by Crippen LogP contribution is 2.24. The Kier molecular flexibility index (Phi) is 5.37. The summed E-state index contributed by atoms with van der Waals surface area (Å²) < 4.78 is 35.4. The minimum Gasteiger partial charge on any atom is -0.327 e. The van der Waals surface area contributed by atoms with Crippen LogP contribution in [0.25, 0.3) is 0 Å². The first-order valence-corrected chi connectivity index (χ1v) is 4.69. The number of hydrogen-bond donors (Lipinski definition) is 1. The van der Waals surface area contributed by atoms with Crippen LogP contribution < -0.4 is 5.73 Å². The molecule has 2 unspecified atom stereocenters. The molecule has 0 aromatic carbocycles. The molecule has 2 atom stereocenters. The van der Waals surface area contributed by atoms with E-state index in [9.17, 15) is 13.2 Å². The predicted octanol–water partition coefficient (Wildman–Crippen LogP) is 3.09. The van der Waals surface area contributed by atoms with Gasteiger partial charge in [0.05, 0.1) is 0 Å². The average molecular weight is 197 g/mol. The van der Waals surface area contributed by atoms with Crippen LogP contribution >= 0.6 is 0 Å². The highest BCUT2D eigenvalue weighted by molar-refractivity contribution is 4.70. The second kappa shape index (κ2) is 5.47. The molecular weight excluding hydrogens is 179 g/mol. The van der Waals surface area contributed by atoms with Crippen molar-refractivity contribution in [2.75, 3.05) is 0 Å². The second-order valence-corrected chi connectivity index (χ2v) is 3.58. The van der Waals surface area contributed by atoms with Crippen LogP contribution in [0.15, 0.2) is 0 Å². The van der Waals surface area contributed by atoms with E-state index < -0.39 is 12.6 Å². The largest absolute Gasteiger partial charge is 0.389 e. The second-order valence-electron chi connectivity index (χ2n) is 3.58. The van der Waals surface area contributed by atoms with E-state index in [2.05, 4.69) is 0 Å². The maximum atomic E-state index is 11.8. The van der Waals surface area contributed by atoms with Crippen molar-refractivity contribution < 1.29 is 13.2 Å². The first-order chi connectivity index (χ1) is 5.87. The van der Waals surface area contributed by atoms with E-state index in [-0.39, 0.29) is 18.4 Å². The van der Waals surface area contributed by atoms with Gasteiger partial charge in [-0.1, -0.05) is 20.3 Å². The zero-order valence-corrected chi connectivity index (χ0v) is 8.19. The zero-order chi connectivity index (χ0) is 10.5. The van der Waals surface area contributed by atoms with Gasteiger partial charge in [-0.05, 0) is 18.8 Å². The van der Waals surface area contributed by atoms with E-state index in [0.29, 0.717) is 0 Å². The van der Waals surface area contributed by atoms with Gasteiger partial charge in [0, 0.05) is 12.5 Å². The van der Waals surface area contributed by atoms with Gasteiger partial charge < -0.3 is 5.73 Å². The summed E-state index contributed by atoms with van der Waals surface area (Å²) in [6, 6.07) is -0.318. The van der Waals surface area contributed by atoms with E-state index in [1.165, 1.54) is 0 Å². The summed E-state index contributed by atoms with van der Waals surface area (Å²) in [4.78, 5) is 0. The number of alkyl halides is 3. The molecule has 0 rings (SSSR count). The Bertz CT molecular complexity index is 133. The van der Waals surface area contributed by atoms with Crippen molar-refractivity contribution >= 4 is 0 Å². The van der Waals surface area contributed by atoms with Crippen LogP contribution in [0.3, 0.4) is 0 Å². The Morgan fingerprint density at radius 3 is 2.15 bits per heavy atom. The molecule has 0 aromatic rings. The van der Waals surface area contributed by atoms with Crippen LogP contribution in [-0.4, -0.2) is 12.2 Å². The van der Waals surface area contributed by atoms with Gasteiger partial charge in [-0.15, -0.1) is 0 Å². The Labute approximate surface area is 77.5 Å². The summed E-state index contributed by atoms with van der Waals surface area (Å²) in [5, 5.41) is 0. The minimum absolute atomic E-state index is 0.0463. The van der Waals surface area contributed by atoms with Gasteiger partial charge in [-0.25, -0.2) is 0 Å². The summed E-state index contributed by atoms with van der Waals surface area (Å²) in [7, 11) is 0. The SMILES string of the molecule is CCCC(C)C(N)CCC(F)(F)F. The molecule has 0 aromatic heterocycles. The van der Waals surface area contributed by atoms with Crippen molar-refractivity contribution in [3.63, 3.8) is 0 Å². The Morgan fingerprint density at radius 1 is 1.23 bits per heavy atom. The highest BCUT2D eigenvalue weighted by atomic mass is 19.4. The molecule has 13 heavy (non-hydrogen) atoms. The normalized spacial score (nSPS) is 17.1. The summed E-state index contributed by atoms with van der Waals surface area (Å²) >= 11 is 0. The molecule has 4 heteroatoms.